The van der Waals surface area contributed by atoms with E-state index in [-0.39, 0.29) is 5.56 Å². The number of rotatable bonds is 5. The van der Waals surface area contributed by atoms with Crippen molar-refractivity contribution in [3.63, 3.8) is 0 Å². The van der Waals surface area contributed by atoms with Crippen molar-refractivity contribution in [2.75, 3.05) is 39.2 Å². The Morgan fingerprint density at radius 2 is 2.11 bits per heavy atom. The zero-order valence-electron chi connectivity index (χ0n) is 11.8. The molecule has 2 rings (SSSR count). The number of piperidine rings is 1. The molecule has 0 unspecified atom stereocenters. The Balaban J connectivity index is 1.98. The molecule has 0 spiro atoms. The molecular formula is C14H23N3O2. The Kier molecular flexibility index (Phi) is 4.99. The molecule has 1 N–H and O–H groups in total. The Labute approximate surface area is 114 Å². The molecule has 0 amide bonds. The molecule has 1 aliphatic heterocycles. The number of hydrogen-bond donors (Lipinski definition) is 1. The molecule has 0 aromatic carbocycles. The lowest BCUT2D eigenvalue weighted by Gasteiger charge is -2.30. The molecule has 5 nitrogen and oxygen atoms in total. The number of likely N-dealkylation sites (tertiary alicyclic amines) is 1. The van der Waals surface area contributed by atoms with Crippen LogP contribution in [0.5, 0.6) is 0 Å². The second kappa shape index (κ2) is 6.73. The van der Waals surface area contributed by atoms with Crippen molar-refractivity contribution in [3.05, 3.63) is 28.7 Å². The second-order valence-corrected chi connectivity index (χ2v) is 5.16. The van der Waals surface area contributed by atoms with Gasteiger partial charge in [-0.25, -0.2) is 0 Å². The maximum Gasteiger partial charge on any atom is 0.250 e. The molecule has 0 bridgehead atoms. The molecule has 5 heteroatoms. The number of pyridine rings is 1. The second-order valence-electron chi connectivity index (χ2n) is 5.16. The highest BCUT2D eigenvalue weighted by molar-refractivity contribution is 5.41. The van der Waals surface area contributed by atoms with Crippen LogP contribution in [0.1, 0.15) is 12.8 Å². The molecule has 0 atom stereocenters. The van der Waals surface area contributed by atoms with Crippen LogP contribution in [0.15, 0.2) is 23.1 Å². The molecule has 106 valence electrons. The van der Waals surface area contributed by atoms with E-state index in [1.807, 2.05) is 12.3 Å². The molecule has 0 radical (unpaired) electrons. The van der Waals surface area contributed by atoms with E-state index >= 15 is 0 Å². The lowest BCUT2D eigenvalue weighted by molar-refractivity contribution is 0.186. The zero-order valence-corrected chi connectivity index (χ0v) is 11.8. The van der Waals surface area contributed by atoms with Crippen LogP contribution in [-0.4, -0.2) is 49.4 Å². The Hall–Kier alpha value is -1.33. The first-order valence-corrected chi connectivity index (χ1v) is 6.83. The van der Waals surface area contributed by atoms with Crippen molar-refractivity contribution in [1.82, 2.24) is 9.47 Å². The maximum atomic E-state index is 11.7. The third-order valence-corrected chi connectivity index (χ3v) is 3.61. The number of nitrogens with zero attached hydrogens (tertiary/aromatic N) is 2. The van der Waals surface area contributed by atoms with Crippen molar-refractivity contribution in [3.8, 4) is 0 Å². The van der Waals surface area contributed by atoms with Crippen LogP contribution >= 0.6 is 0 Å². The number of anilines is 1. The summed E-state index contributed by atoms with van der Waals surface area (Å²) in [6.45, 7) is 3.40. The normalized spacial score (nSPS) is 17.6. The highest BCUT2D eigenvalue weighted by Gasteiger charge is 2.16. The van der Waals surface area contributed by atoms with Crippen molar-refractivity contribution in [2.24, 2.45) is 0 Å². The Morgan fingerprint density at radius 1 is 1.37 bits per heavy atom. The molecule has 1 aromatic rings. The first-order chi connectivity index (χ1) is 9.19. The molecule has 1 fully saturated rings. The van der Waals surface area contributed by atoms with E-state index in [0.717, 1.165) is 31.6 Å². The molecule has 0 aliphatic carbocycles. The quantitative estimate of drug-likeness (QED) is 0.863. The van der Waals surface area contributed by atoms with E-state index in [1.54, 1.807) is 17.7 Å². The van der Waals surface area contributed by atoms with Gasteiger partial charge in [0.05, 0.1) is 12.3 Å². The van der Waals surface area contributed by atoms with Crippen molar-refractivity contribution in [2.45, 2.75) is 25.4 Å². The summed E-state index contributed by atoms with van der Waals surface area (Å²) in [4.78, 5) is 14.0. The summed E-state index contributed by atoms with van der Waals surface area (Å²) in [6.07, 6.45) is 4.18. The van der Waals surface area contributed by atoms with Gasteiger partial charge in [-0.15, -0.1) is 0 Å². The number of methoxy groups -OCH3 is 1. The minimum atomic E-state index is 0.0194. The van der Waals surface area contributed by atoms with Crippen molar-refractivity contribution in [1.29, 1.82) is 0 Å². The van der Waals surface area contributed by atoms with Gasteiger partial charge in [-0.05, 0) is 39.0 Å². The van der Waals surface area contributed by atoms with Gasteiger partial charge in [0.2, 0.25) is 0 Å². The molecule has 0 saturated carbocycles. The van der Waals surface area contributed by atoms with Gasteiger partial charge in [0, 0.05) is 32.0 Å². The van der Waals surface area contributed by atoms with E-state index in [4.69, 9.17) is 4.74 Å². The van der Waals surface area contributed by atoms with Gasteiger partial charge in [-0.1, -0.05) is 0 Å². The highest BCUT2D eigenvalue weighted by atomic mass is 16.5. The largest absolute Gasteiger partial charge is 0.383 e. The van der Waals surface area contributed by atoms with Gasteiger partial charge in [0.25, 0.3) is 5.56 Å². The summed E-state index contributed by atoms with van der Waals surface area (Å²) in [6, 6.07) is 3.99. The highest BCUT2D eigenvalue weighted by Crippen LogP contribution is 2.14. The van der Waals surface area contributed by atoms with Gasteiger partial charge in [0.15, 0.2) is 0 Å². The van der Waals surface area contributed by atoms with Gasteiger partial charge >= 0.3 is 0 Å². The fourth-order valence-electron chi connectivity index (χ4n) is 2.37. The van der Waals surface area contributed by atoms with E-state index in [1.165, 1.54) is 0 Å². The lowest BCUT2D eigenvalue weighted by atomic mass is 10.1. The number of aromatic nitrogens is 1. The summed E-state index contributed by atoms with van der Waals surface area (Å²) < 4.78 is 6.71. The maximum absolute atomic E-state index is 11.7. The Bertz CT molecular complexity index is 450. The van der Waals surface area contributed by atoms with Gasteiger partial charge < -0.3 is 19.5 Å². The SMILES string of the molecule is COCCn1cc(NC2CCN(C)CC2)ccc1=O. The van der Waals surface area contributed by atoms with Gasteiger partial charge in [-0.3, -0.25) is 4.79 Å². The summed E-state index contributed by atoms with van der Waals surface area (Å²) >= 11 is 0. The van der Waals surface area contributed by atoms with E-state index in [0.29, 0.717) is 19.2 Å². The zero-order chi connectivity index (χ0) is 13.7. The average molecular weight is 265 g/mol. The van der Waals surface area contributed by atoms with Crippen LogP contribution in [-0.2, 0) is 11.3 Å². The molecule has 19 heavy (non-hydrogen) atoms. The molecule has 1 aromatic heterocycles. The standard InChI is InChI=1S/C14H23N3O2/c1-16-7-5-12(6-8-16)15-13-3-4-14(18)17(11-13)9-10-19-2/h3-4,11-12,15H,5-10H2,1-2H3. The number of nitrogens with one attached hydrogen (secondary N) is 1. The van der Waals surface area contributed by atoms with Gasteiger partial charge in [0.1, 0.15) is 0 Å². The summed E-state index contributed by atoms with van der Waals surface area (Å²) in [7, 11) is 3.80. The lowest BCUT2D eigenvalue weighted by Crippen LogP contribution is -2.37. The first-order valence-electron chi connectivity index (χ1n) is 6.83. The summed E-state index contributed by atoms with van der Waals surface area (Å²) in [5.74, 6) is 0. The number of ether oxygens (including phenoxy) is 1. The van der Waals surface area contributed by atoms with E-state index < -0.39 is 0 Å². The molecule has 1 aliphatic rings. The predicted octanol–water partition coefficient (Wildman–Crippen LogP) is 1.00. The van der Waals surface area contributed by atoms with E-state index in [9.17, 15) is 4.79 Å². The van der Waals surface area contributed by atoms with Crippen molar-refractivity contribution < 1.29 is 4.74 Å². The molecular weight excluding hydrogens is 242 g/mol. The molecule has 1 saturated heterocycles. The third-order valence-electron chi connectivity index (χ3n) is 3.61. The van der Waals surface area contributed by atoms with Crippen LogP contribution in [0.3, 0.4) is 0 Å². The fraction of sp³-hybridized carbons (Fsp3) is 0.643. The van der Waals surface area contributed by atoms with Crippen LogP contribution < -0.4 is 10.9 Å². The van der Waals surface area contributed by atoms with Crippen LogP contribution in [0.25, 0.3) is 0 Å². The number of hydrogen-bond acceptors (Lipinski definition) is 4. The summed E-state index contributed by atoms with van der Waals surface area (Å²) in [5, 5.41) is 3.52. The fourth-order valence-corrected chi connectivity index (χ4v) is 2.37. The average Bonchev–Trinajstić information content (AvgIpc) is 2.42. The minimum absolute atomic E-state index is 0.0194. The van der Waals surface area contributed by atoms with Crippen LogP contribution in [0.4, 0.5) is 5.69 Å². The van der Waals surface area contributed by atoms with Crippen LogP contribution in [0.2, 0.25) is 0 Å². The smallest absolute Gasteiger partial charge is 0.250 e. The predicted molar refractivity (Wildman–Crippen MR) is 76.7 cm³/mol. The van der Waals surface area contributed by atoms with Crippen molar-refractivity contribution >= 4 is 5.69 Å². The molecule has 2 heterocycles. The first kappa shape index (κ1) is 14.1. The van der Waals surface area contributed by atoms with Crippen LogP contribution in [0, 0.1) is 0 Å². The summed E-state index contributed by atoms with van der Waals surface area (Å²) in [5.41, 5.74) is 1.04. The van der Waals surface area contributed by atoms with E-state index in [2.05, 4.69) is 17.3 Å². The van der Waals surface area contributed by atoms with Gasteiger partial charge in [-0.2, -0.15) is 0 Å². The third kappa shape index (κ3) is 4.08. The monoisotopic (exact) mass is 265 g/mol. The Morgan fingerprint density at radius 3 is 2.79 bits per heavy atom. The minimum Gasteiger partial charge on any atom is -0.383 e. The topological polar surface area (TPSA) is 46.5 Å².